The summed E-state index contributed by atoms with van der Waals surface area (Å²) in [7, 11) is 0. The standard InChI is InChI=1S/C46H33Cl2F3N4O6/c1-23-6-5-9-32(38(23)56)37-30-18-19-31-36(43(60)54(41(31)58)29-16-10-25(11-17-29)39(57)24-7-3-2-4-8-24)33(30)21-34-42(59)55(44(61)45(34,37)26-12-14-28(47)15-13-26)53-40-35(48)20-27(22-52-40)46(49,50)51/h2-18,20,22,31,33-34,36-37,56H,19,21H2,1H3,(H,52,53)/t31-,33+,34-,36-,37+,45+/m0/s1. The zero-order valence-corrected chi connectivity index (χ0v) is 33.5. The molecule has 61 heavy (non-hydrogen) atoms. The first kappa shape index (κ1) is 40.1. The number of aromatic hydroxyl groups is 1. The number of pyridine rings is 1. The molecule has 4 aliphatic rings. The van der Waals surface area contributed by atoms with E-state index in [0.29, 0.717) is 50.1 Å². The average molecular weight is 866 g/mol. The maximum atomic E-state index is 15.4. The van der Waals surface area contributed by atoms with Gasteiger partial charge < -0.3 is 5.11 Å². The maximum Gasteiger partial charge on any atom is 0.417 e. The number of phenols is 1. The van der Waals surface area contributed by atoms with Crippen LogP contribution in [0.25, 0.3) is 0 Å². The number of anilines is 2. The van der Waals surface area contributed by atoms with Crippen LogP contribution in [0.5, 0.6) is 5.75 Å². The highest BCUT2D eigenvalue weighted by Gasteiger charge is 2.70. The minimum Gasteiger partial charge on any atom is -0.507 e. The Morgan fingerprint density at radius 1 is 0.852 bits per heavy atom. The molecular formula is C46H33Cl2F3N4O6. The highest BCUT2D eigenvalue weighted by molar-refractivity contribution is 6.33. The van der Waals surface area contributed by atoms with Crippen molar-refractivity contribution in [1.29, 1.82) is 0 Å². The Balaban J connectivity index is 1.16. The number of phenolic OH excluding ortho intramolecular Hbond substituents is 1. The molecule has 15 heteroatoms. The van der Waals surface area contributed by atoms with Gasteiger partial charge in [-0.1, -0.05) is 95.5 Å². The first-order chi connectivity index (χ1) is 29.1. The third kappa shape index (κ3) is 6.23. The van der Waals surface area contributed by atoms with Gasteiger partial charge in [0.2, 0.25) is 11.8 Å². The summed E-state index contributed by atoms with van der Waals surface area (Å²) in [6.07, 6.45) is -2.43. The number of hydrogen-bond donors (Lipinski definition) is 2. The van der Waals surface area contributed by atoms with Gasteiger partial charge in [-0.25, -0.2) is 4.98 Å². The number of alkyl halides is 3. The van der Waals surface area contributed by atoms with Crippen LogP contribution in [0, 0.1) is 30.6 Å². The van der Waals surface area contributed by atoms with Crippen molar-refractivity contribution in [1.82, 2.24) is 9.99 Å². The number of nitrogens with zero attached hydrogens (tertiary/aromatic N) is 3. The lowest BCUT2D eigenvalue weighted by Gasteiger charge is -2.50. The Kier molecular flexibility index (Phi) is 9.67. The van der Waals surface area contributed by atoms with E-state index in [1.807, 2.05) is 6.08 Å². The van der Waals surface area contributed by atoms with Crippen LogP contribution in [0.1, 0.15) is 56.9 Å². The number of fused-ring (bicyclic) bond motifs is 4. The Bertz CT molecular complexity index is 2710. The van der Waals surface area contributed by atoms with Gasteiger partial charge in [-0.05, 0) is 79.3 Å². The van der Waals surface area contributed by atoms with Gasteiger partial charge in [0.1, 0.15) is 5.75 Å². The number of aryl methyl sites for hydroxylation is 1. The molecule has 2 aliphatic heterocycles. The second-order valence-corrected chi connectivity index (χ2v) is 16.5. The summed E-state index contributed by atoms with van der Waals surface area (Å²) in [6.45, 7) is 1.68. The summed E-state index contributed by atoms with van der Waals surface area (Å²) in [5.74, 6) is -8.32. The maximum absolute atomic E-state index is 15.4. The Morgan fingerprint density at radius 2 is 1.54 bits per heavy atom. The Hall–Kier alpha value is -6.31. The second kappa shape index (κ2) is 14.7. The number of nitrogens with one attached hydrogen (secondary N) is 1. The Labute approximate surface area is 356 Å². The smallest absolute Gasteiger partial charge is 0.417 e. The monoisotopic (exact) mass is 864 g/mol. The van der Waals surface area contributed by atoms with Crippen molar-refractivity contribution in [2.45, 2.75) is 37.3 Å². The van der Waals surface area contributed by atoms with Gasteiger partial charge in [-0.15, -0.1) is 0 Å². The molecule has 6 atom stereocenters. The predicted molar refractivity (Wildman–Crippen MR) is 219 cm³/mol. The molecule has 3 heterocycles. The lowest BCUT2D eigenvalue weighted by molar-refractivity contribution is -0.139. The normalized spacial score (nSPS) is 24.6. The second-order valence-electron chi connectivity index (χ2n) is 15.7. The third-order valence-corrected chi connectivity index (χ3v) is 13.1. The van der Waals surface area contributed by atoms with E-state index in [1.165, 1.54) is 0 Å². The molecule has 1 saturated carbocycles. The summed E-state index contributed by atoms with van der Waals surface area (Å²) in [6, 6.07) is 26.8. The minimum atomic E-state index is -4.77. The largest absolute Gasteiger partial charge is 0.507 e. The fraction of sp³-hybridized carbons (Fsp3) is 0.217. The SMILES string of the molecule is Cc1cccc([C@H]2C3=CC[C@@H]4C(=O)N(c5ccc(C(=O)c6ccccc6)cc5)C(=O)[C@@H]4[C@@H]3C[C@H]3C(=O)N(Nc4ncc(C(F)(F)F)cc4Cl)C(=O)[C@@]23c2ccc(Cl)cc2)c1O. The quantitative estimate of drug-likeness (QED) is 0.0942. The first-order valence-electron chi connectivity index (χ1n) is 19.3. The molecule has 9 rings (SSSR count). The molecule has 0 unspecified atom stereocenters. The van der Waals surface area contributed by atoms with Crippen molar-refractivity contribution in [3.8, 4) is 5.75 Å². The van der Waals surface area contributed by atoms with Gasteiger partial charge in [0.05, 0.1) is 39.4 Å². The number of halogens is 5. The van der Waals surface area contributed by atoms with E-state index in [9.17, 15) is 37.5 Å². The van der Waals surface area contributed by atoms with Crippen LogP contribution in [-0.2, 0) is 30.8 Å². The summed E-state index contributed by atoms with van der Waals surface area (Å²) in [5.41, 5.74) is 2.41. The number of carbonyl (C=O) groups is 5. The summed E-state index contributed by atoms with van der Waals surface area (Å²) in [4.78, 5) is 77.4. The Morgan fingerprint density at radius 3 is 2.21 bits per heavy atom. The van der Waals surface area contributed by atoms with Crippen LogP contribution in [0.2, 0.25) is 10.0 Å². The first-order valence-corrected chi connectivity index (χ1v) is 20.1. The van der Waals surface area contributed by atoms with Crippen LogP contribution in [-0.4, -0.2) is 44.5 Å². The number of carbonyl (C=O) groups excluding carboxylic acids is 5. The van der Waals surface area contributed by atoms with Crippen LogP contribution in [0.4, 0.5) is 24.7 Å². The molecule has 4 amide bonds. The molecule has 4 aromatic carbocycles. The predicted octanol–water partition coefficient (Wildman–Crippen LogP) is 8.84. The van der Waals surface area contributed by atoms with Gasteiger partial charge in [-0.3, -0.25) is 34.3 Å². The number of imide groups is 2. The lowest BCUT2D eigenvalue weighted by atomic mass is 9.49. The molecule has 0 radical (unpaired) electrons. The number of ketones is 1. The van der Waals surface area contributed by atoms with Gasteiger partial charge in [0.25, 0.3) is 11.8 Å². The fourth-order valence-corrected chi connectivity index (χ4v) is 10.1. The van der Waals surface area contributed by atoms with Crippen molar-refractivity contribution in [2.24, 2.45) is 23.7 Å². The number of allylic oxidation sites excluding steroid dienone is 2. The lowest BCUT2D eigenvalue weighted by Crippen LogP contribution is -2.53. The van der Waals surface area contributed by atoms with Crippen LogP contribution in [0.3, 0.4) is 0 Å². The number of rotatable bonds is 7. The van der Waals surface area contributed by atoms with Crippen molar-refractivity contribution in [3.63, 3.8) is 0 Å². The van der Waals surface area contributed by atoms with Gasteiger partial charge in [0.15, 0.2) is 11.6 Å². The molecule has 1 aromatic heterocycles. The van der Waals surface area contributed by atoms with Crippen LogP contribution >= 0.6 is 23.2 Å². The number of para-hydroxylation sites is 1. The molecule has 0 bridgehead atoms. The van der Waals surface area contributed by atoms with E-state index in [-0.39, 0.29) is 35.6 Å². The van der Waals surface area contributed by atoms with E-state index in [4.69, 9.17) is 23.2 Å². The number of aromatic nitrogens is 1. The van der Waals surface area contributed by atoms with E-state index in [2.05, 4.69) is 10.4 Å². The van der Waals surface area contributed by atoms with Gasteiger partial charge in [-0.2, -0.15) is 18.2 Å². The molecule has 2 saturated heterocycles. The molecule has 5 aromatic rings. The molecule has 10 nitrogen and oxygen atoms in total. The number of hydrogen-bond acceptors (Lipinski definition) is 8. The third-order valence-electron chi connectivity index (χ3n) is 12.6. The topological polar surface area (TPSA) is 137 Å². The molecule has 3 fully saturated rings. The molecule has 2 N–H and O–H groups in total. The van der Waals surface area contributed by atoms with E-state index in [0.717, 1.165) is 4.90 Å². The van der Waals surface area contributed by atoms with E-state index in [1.54, 1.807) is 104 Å². The van der Waals surface area contributed by atoms with E-state index >= 15 is 4.79 Å². The average Bonchev–Trinajstić information content (AvgIpc) is 3.63. The summed E-state index contributed by atoms with van der Waals surface area (Å²) >= 11 is 12.6. The number of amides is 4. The highest BCUT2D eigenvalue weighted by Crippen LogP contribution is 2.65. The van der Waals surface area contributed by atoms with E-state index < -0.39 is 81.2 Å². The molecular weight excluding hydrogens is 832 g/mol. The minimum absolute atomic E-state index is 0.0990. The molecule has 308 valence electrons. The highest BCUT2D eigenvalue weighted by atomic mass is 35.5. The molecule has 0 spiro atoms. The summed E-state index contributed by atoms with van der Waals surface area (Å²) < 4.78 is 40.6. The van der Waals surface area contributed by atoms with Crippen LogP contribution < -0.4 is 10.3 Å². The van der Waals surface area contributed by atoms with Gasteiger partial charge >= 0.3 is 6.18 Å². The zero-order chi connectivity index (χ0) is 43.1. The van der Waals surface area contributed by atoms with Crippen molar-refractivity contribution in [2.75, 3.05) is 10.3 Å². The van der Waals surface area contributed by atoms with Crippen molar-refractivity contribution < 1.29 is 42.3 Å². The summed E-state index contributed by atoms with van der Waals surface area (Å²) in [5, 5.41) is 12.3. The number of hydrazine groups is 1. The fourth-order valence-electron chi connectivity index (χ4n) is 9.81. The van der Waals surface area contributed by atoms with Crippen LogP contribution in [0.15, 0.2) is 121 Å². The van der Waals surface area contributed by atoms with Gasteiger partial charge in [0, 0.05) is 33.8 Å². The van der Waals surface area contributed by atoms with Crippen molar-refractivity contribution in [3.05, 3.63) is 164 Å². The van der Waals surface area contributed by atoms with Crippen molar-refractivity contribution >= 4 is 64.1 Å². The zero-order valence-electron chi connectivity index (χ0n) is 32.0. The number of benzene rings is 4. The molecule has 2 aliphatic carbocycles.